The molecule has 0 radical (unpaired) electrons. The number of rotatable bonds is 7. The van der Waals surface area contributed by atoms with Crippen molar-refractivity contribution in [2.45, 2.75) is 18.8 Å². The smallest absolute Gasteiger partial charge is 0.277 e. The van der Waals surface area contributed by atoms with Crippen molar-refractivity contribution in [1.29, 1.82) is 0 Å². The van der Waals surface area contributed by atoms with Crippen LogP contribution in [-0.4, -0.2) is 21.9 Å². The van der Waals surface area contributed by atoms with E-state index in [4.69, 9.17) is 20.8 Å². The van der Waals surface area contributed by atoms with Crippen LogP contribution in [0.25, 0.3) is 0 Å². The lowest BCUT2D eigenvalue weighted by Gasteiger charge is -2.05. The Kier molecular flexibility index (Phi) is 6.31. The minimum atomic E-state index is -0.373. The van der Waals surface area contributed by atoms with Gasteiger partial charge in [0.05, 0.1) is 5.75 Å². The third-order valence-electron chi connectivity index (χ3n) is 3.41. The third kappa shape index (κ3) is 5.70. The Hall–Kier alpha value is -2.58. The normalized spacial score (nSPS) is 10.6. The Morgan fingerprint density at radius 3 is 2.78 bits per heavy atom. The van der Waals surface area contributed by atoms with Crippen molar-refractivity contribution in [2.24, 2.45) is 0 Å². The van der Waals surface area contributed by atoms with Crippen molar-refractivity contribution in [3.05, 3.63) is 64.8 Å². The quantitative estimate of drug-likeness (QED) is 0.582. The molecule has 9 heteroatoms. The van der Waals surface area contributed by atoms with Gasteiger partial charge in [0, 0.05) is 10.7 Å². The van der Waals surface area contributed by atoms with E-state index in [9.17, 15) is 9.18 Å². The fourth-order valence-electron chi connectivity index (χ4n) is 2.03. The summed E-state index contributed by atoms with van der Waals surface area (Å²) in [4.78, 5) is 11.9. The van der Waals surface area contributed by atoms with Gasteiger partial charge in [0.1, 0.15) is 11.6 Å². The van der Waals surface area contributed by atoms with E-state index in [1.54, 1.807) is 43.3 Å². The minimum absolute atomic E-state index is 0.0508. The molecule has 3 aromatic rings. The van der Waals surface area contributed by atoms with Crippen molar-refractivity contribution in [3.8, 4) is 5.75 Å². The van der Waals surface area contributed by atoms with Gasteiger partial charge in [-0.05, 0) is 48.9 Å². The maximum atomic E-state index is 13.5. The number of hydrogen-bond donors (Lipinski definition) is 1. The summed E-state index contributed by atoms with van der Waals surface area (Å²) in [6.45, 7) is 1.75. The molecule has 0 bridgehead atoms. The van der Waals surface area contributed by atoms with Gasteiger partial charge >= 0.3 is 0 Å². The first kappa shape index (κ1) is 19.2. The van der Waals surface area contributed by atoms with Crippen LogP contribution in [0.3, 0.4) is 0 Å². The number of aromatic nitrogens is 2. The summed E-state index contributed by atoms with van der Waals surface area (Å²) in [5, 5.41) is 11.2. The Balaban J connectivity index is 1.46. The molecule has 0 saturated heterocycles. The van der Waals surface area contributed by atoms with Gasteiger partial charge in [0.25, 0.3) is 11.1 Å². The molecule has 3 rings (SSSR count). The van der Waals surface area contributed by atoms with Crippen LogP contribution in [-0.2, 0) is 11.4 Å². The molecule has 0 aliphatic heterocycles. The second kappa shape index (κ2) is 8.88. The molecule has 1 amide bonds. The molecule has 27 heavy (non-hydrogen) atoms. The van der Waals surface area contributed by atoms with Crippen molar-refractivity contribution in [3.63, 3.8) is 0 Å². The van der Waals surface area contributed by atoms with Gasteiger partial charge in [-0.15, -0.1) is 10.2 Å². The Bertz CT molecular complexity index is 934. The molecule has 0 aliphatic rings. The maximum Gasteiger partial charge on any atom is 0.277 e. The lowest BCUT2D eigenvalue weighted by atomic mass is 10.2. The highest BCUT2D eigenvalue weighted by molar-refractivity contribution is 7.99. The summed E-state index contributed by atoms with van der Waals surface area (Å²) in [5.41, 5.74) is 0.910. The van der Waals surface area contributed by atoms with Gasteiger partial charge in [0.15, 0.2) is 6.61 Å². The molecular weight excluding hydrogens is 393 g/mol. The van der Waals surface area contributed by atoms with E-state index in [0.717, 1.165) is 11.8 Å². The van der Waals surface area contributed by atoms with Gasteiger partial charge in [-0.25, -0.2) is 4.39 Å². The third-order valence-corrected chi connectivity index (χ3v) is 4.48. The van der Waals surface area contributed by atoms with E-state index in [-0.39, 0.29) is 35.2 Å². The average Bonchev–Trinajstić information content (AvgIpc) is 3.11. The highest BCUT2D eigenvalue weighted by Crippen LogP contribution is 2.20. The largest absolute Gasteiger partial charge is 0.484 e. The number of amides is 1. The number of nitrogens with zero attached hydrogens (tertiary/aromatic N) is 2. The van der Waals surface area contributed by atoms with E-state index in [0.29, 0.717) is 22.0 Å². The van der Waals surface area contributed by atoms with Crippen molar-refractivity contribution >= 4 is 35.0 Å². The fraction of sp³-hybridized carbons (Fsp3) is 0.167. The number of nitrogens with one attached hydrogen (secondary N) is 1. The molecule has 140 valence electrons. The first-order valence-corrected chi connectivity index (χ1v) is 9.25. The van der Waals surface area contributed by atoms with E-state index >= 15 is 0 Å². The molecule has 0 spiro atoms. The van der Waals surface area contributed by atoms with Crippen LogP contribution >= 0.6 is 23.4 Å². The van der Waals surface area contributed by atoms with E-state index in [1.807, 2.05) is 0 Å². The molecule has 0 atom stereocenters. The highest BCUT2D eigenvalue weighted by Gasteiger charge is 2.11. The number of thioether (sulfide) groups is 1. The minimum Gasteiger partial charge on any atom is -0.484 e. The second-order valence-electron chi connectivity index (χ2n) is 5.51. The zero-order chi connectivity index (χ0) is 19.2. The first-order chi connectivity index (χ1) is 13.0. The molecule has 6 nitrogen and oxygen atoms in total. The molecule has 2 aromatic carbocycles. The second-order valence-corrected chi connectivity index (χ2v) is 6.87. The van der Waals surface area contributed by atoms with Gasteiger partial charge < -0.3 is 14.5 Å². The number of benzene rings is 2. The Morgan fingerprint density at radius 1 is 1.26 bits per heavy atom. The maximum absolute atomic E-state index is 13.5. The van der Waals surface area contributed by atoms with E-state index in [1.165, 1.54) is 6.07 Å². The van der Waals surface area contributed by atoms with Crippen LogP contribution in [0, 0.1) is 12.7 Å². The summed E-state index contributed by atoms with van der Waals surface area (Å²) in [5.74, 6) is 0.280. The predicted molar refractivity (Wildman–Crippen MR) is 101 cm³/mol. The van der Waals surface area contributed by atoms with Gasteiger partial charge in [0.2, 0.25) is 5.91 Å². The van der Waals surface area contributed by atoms with Gasteiger partial charge in [-0.1, -0.05) is 29.4 Å². The molecular formula is C18H15ClFN3O3S. The predicted octanol–water partition coefficient (Wildman–Crippen LogP) is 4.48. The van der Waals surface area contributed by atoms with Gasteiger partial charge in [-0.2, -0.15) is 0 Å². The van der Waals surface area contributed by atoms with E-state index in [2.05, 4.69) is 15.5 Å². The van der Waals surface area contributed by atoms with E-state index < -0.39 is 0 Å². The Labute approximate surface area is 164 Å². The van der Waals surface area contributed by atoms with Crippen molar-refractivity contribution in [1.82, 2.24) is 10.2 Å². The molecule has 1 aromatic heterocycles. The summed E-state index contributed by atoms with van der Waals surface area (Å²) in [6, 6.07) is 11.4. The molecule has 0 saturated carbocycles. The number of aryl methyl sites for hydroxylation is 1. The summed E-state index contributed by atoms with van der Waals surface area (Å²) < 4.78 is 24.4. The SMILES string of the molecule is Cc1ccc(NC(=O)CSc2nnc(COc3ccc(Cl)cc3)o2)cc1F. The summed E-state index contributed by atoms with van der Waals surface area (Å²) in [6.07, 6.45) is 0. The topological polar surface area (TPSA) is 77.2 Å². The van der Waals surface area contributed by atoms with Crippen molar-refractivity contribution in [2.75, 3.05) is 11.1 Å². The van der Waals surface area contributed by atoms with Crippen LogP contribution in [0.4, 0.5) is 10.1 Å². The van der Waals surface area contributed by atoms with Crippen LogP contribution in [0.15, 0.2) is 52.1 Å². The highest BCUT2D eigenvalue weighted by atomic mass is 35.5. The number of halogens is 2. The summed E-state index contributed by atoms with van der Waals surface area (Å²) in [7, 11) is 0. The number of carbonyl (C=O) groups excluding carboxylic acids is 1. The number of hydrogen-bond acceptors (Lipinski definition) is 6. The molecule has 0 aliphatic carbocycles. The molecule has 0 fully saturated rings. The lowest BCUT2D eigenvalue weighted by Crippen LogP contribution is -2.14. The van der Waals surface area contributed by atoms with Crippen molar-refractivity contribution < 1.29 is 18.3 Å². The summed E-state index contributed by atoms with van der Waals surface area (Å²) >= 11 is 6.89. The molecule has 1 N–H and O–H groups in total. The van der Waals surface area contributed by atoms with Crippen LogP contribution in [0.5, 0.6) is 5.75 Å². The standard InChI is InChI=1S/C18H15ClFN3O3S/c1-11-2-5-13(8-15(11)20)21-16(24)10-27-18-23-22-17(26-18)9-25-14-6-3-12(19)4-7-14/h2-8H,9-10H2,1H3,(H,21,24). The van der Waals surface area contributed by atoms with Crippen LogP contribution in [0.1, 0.15) is 11.5 Å². The number of carbonyl (C=O) groups is 1. The monoisotopic (exact) mass is 407 g/mol. The average molecular weight is 408 g/mol. The molecule has 0 unspecified atom stereocenters. The van der Waals surface area contributed by atoms with Crippen LogP contribution in [0.2, 0.25) is 5.02 Å². The first-order valence-electron chi connectivity index (χ1n) is 7.89. The lowest BCUT2D eigenvalue weighted by molar-refractivity contribution is -0.113. The van der Waals surface area contributed by atoms with Crippen LogP contribution < -0.4 is 10.1 Å². The number of ether oxygens (including phenoxy) is 1. The number of anilines is 1. The molecule has 1 heterocycles. The zero-order valence-corrected chi connectivity index (χ0v) is 15.8. The fourth-order valence-corrected chi connectivity index (χ4v) is 2.73. The zero-order valence-electron chi connectivity index (χ0n) is 14.2. The van der Waals surface area contributed by atoms with Gasteiger partial charge in [-0.3, -0.25) is 4.79 Å². The Morgan fingerprint density at radius 2 is 2.04 bits per heavy atom.